The third-order valence-electron chi connectivity index (χ3n) is 4.08. The molecule has 0 aliphatic carbocycles. The number of hydrogen-bond donors (Lipinski definition) is 4. The van der Waals surface area contributed by atoms with Gasteiger partial charge < -0.3 is 22.5 Å². The molecule has 6 atom stereocenters. The molecule has 4 heteroatoms. The van der Waals surface area contributed by atoms with E-state index in [1.54, 1.807) is 0 Å². The fourth-order valence-electron chi connectivity index (χ4n) is 2.92. The number of rotatable bonds is 6. The van der Waals surface area contributed by atoms with Crippen molar-refractivity contribution in [2.75, 3.05) is 6.54 Å². The van der Waals surface area contributed by atoms with Crippen molar-refractivity contribution in [3.05, 3.63) is 0 Å². The summed E-state index contributed by atoms with van der Waals surface area (Å²) in [4.78, 5) is 0. The number of nitrogens with one attached hydrogen (secondary N) is 1. The molecule has 0 spiro atoms. The first-order chi connectivity index (χ1) is 7.35. The van der Waals surface area contributed by atoms with E-state index in [9.17, 15) is 0 Å². The molecule has 6 unspecified atom stereocenters. The van der Waals surface area contributed by atoms with Crippen molar-refractivity contribution in [3.63, 3.8) is 0 Å². The van der Waals surface area contributed by atoms with Crippen LogP contribution in [0.3, 0.4) is 0 Å². The van der Waals surface area contributed by atoms with Gasteiger partial charge in [-0.1, -0.05) is 13.3 Å². The molecular weight excluding hydrogens is 200 g/mol. The summed E-state index contributed by atoms with van der Waals surface area (Å²) in [5, 5.41) is 3.45. The van der Waals surface area contributed by atoms with Crippen molar-refractivity contribution in [3.8, 4) is 0 Å². The molecule has 0 aromatic heterocycles. The van der Waals surface area contributed by atoms with Gasteiger partial charge in [0.25, 0.3) is 0 Å². The number of hydrogen-bond acceptors (Lipinski definition) is 4. The summed E-state index contributed by atoms with van der Waals surface area (Å²) >= 11 is 0. The highest BCUT2D eigenvalue weighted by atomic mass is 15.2. The van der Waals surface area contributed by atoms with Crippen molar-refractivity contribution in [1.29, 1.82) is 0 Å². The van der Waals surface area contributed by atoms with E-state index in [2.05, 4.69) is 33.0 Å². The number of nitrogens with two attached hydrogens (primary N) is 3. The third kappa shape index (κ3) is 2.74. The highest BCUT2D eigenvalue weighted by Gasteiger charge is 2.49. The quantitative estimate of drug-likeness (QED) is 0.481. The highest BCUT2D eigenvalue weighted by Crippen LogP contribution is 2.36. The van der Waals surface area contributed by atoms with E-state index < -0.39 is 0 Å². The first-order valence-corrected chi connectivity index (χ1v) is 6.35. The van der Waals surface area contributed by atoms with Gasteiger partial charge in [-0.05, 0) is 32.6 Å². The van der Waals surface area contributed by atoms with Gasteiger partial charge in [-0.15, -0.1) is 0 Å². The molecule has 0 aromatic carbocycles. The van der Waals surface area contributed by atoms with Crippen LogP contribution >= 0.6 is 0 Å². The Kier molecular flexibility index (Phi) is 4.35. The predicted octanol–water partition coefficient (Wildman–Crippen LogP) is 0.0124. The summed E-state index contributed by atoms with van der Waals surface area (Å²) in [6.45, 7) is 9.00. The summed E-state index contributed by atoms with van der Waals surface area (Å²) < 4.78 is 0. The highest BCUT2D eigenvalue weighted by molar-refractivity contribution is 5.09. The molecule has 7 N–H and O–H groups in total. The molecule has 1 heterocycles. The molecule has 16 heavy (non-hydrogen) atoms. The van der Waals surface area contributed by atoms with Crippen molar-refractivity contribution >= 4 is 0 Å². The zero-order chi connectivity index (χ0) is 12.5. The lowest BCUT2D eigenvalue weighted by Crippen LogP contribution is -2.57. The zero-order valence-corrected chi connectivity index (χ0v) is 11.0. The fraction of sp³-hybridized carbons (Fsp3) is 1.00. The summed E-state index contributed by atoms with van der Waals surface area (Å²) in [5.74, 6) is 0.790. The molecule has 1 aliphatic rings. The first-order valence-electron chi connectivity index (χ1n) is 6.35. The van der Waals surface area contributed by atoms with Crippen LogP contribution in [0.5, 0.6) is 0 Å². The Morgan fingerprint density at radius 1 is 1.44 bits per heavy atom. The monoisotopic (exact) mass is 228 g/mol. The second-order valence-corrected chi connectivity index (χ2v) is 5.65. The van der Waals surface area contributed by atoms with Crippen LogP contribution in [0.2, 0.25) is 0 Å². The standard InChI is InChI=1S/C12H28N4/c1-5-9(7(2)14)10(11-8(3)16-11)12(4,15)6-13/h7-11,16H,5-6,13-15H2,1-4H3. The molecule has 0 bridgehead atoms. The minimum absolute atomic E-state index is 0.166. The molecule has 1 saturated heterocycles. The molecule has 96 valence electrons. The van der Waals surface area contributed by atoms with E-state index >= 15 is 0 Å². The summed E-state index contributed by atoms with van der Waals surface area (Å²) in [7, 11) is 0. The maximum absolute atomic E-state index is 6.36. The van der Waals surface area contributed by atoms with E-state index in [1.165, 1.54) is 0 Å². The van der Waals surface area contributed by atoms with E-state index in [-0.39, 0.29) is 11.6 Å². The zero-order valence-electron chi connectivity index (χ0n) is 11.0. The Morgan fingerprint density at radius 3 is 2.19 bits per heavy atom. The van der Waals surface area contributed by atoms with Gasteiger partial charge in [0.05, 0.1) is 0 Å². The second-order valence-electron chi connectivity index (χ2n) is 5.65. The lowest BCUT2D eigenvalue weighted by atomic mass is 9.71. The van der Waals surface area contributed by atoms with E-state index in [1.807, 2.05) is 0 Å². The minimum atomic E-state index is -0.337. The van der Waals surface area contributed by atoms with E-state index in [0.717, 1.165) is 6.42 Å². The molecule has 1 aliphatic heterocycles. The van der Waals surface area contributed by atoms with Gasteiger partial charge in [0.2, 0.25) is 0 Å². The lowest BCUT2D eigenvalue weighted by Gasteiger charge is -2.40. The van der Waals surface area contributed by atoms with Crippen LogP contribution < -0.4 is 22.5 Å². The molecule has 0 radical (unpaired) electrons. The van der Waals surface area contributed by atoms with Gasteiger partial charge in [0.1, 0.15) is 0 Å². The summed E-state index contributed by atoms with van der Waals surface area (Å²) in [6, 6.07) is 1.20. The smallest absolute Gasteiger partial charge is 0.0297 e. The molecule has 1 fully saturated rings. The Bertz CT molecular complexity index is 227. The van der Waals surface area contributed by atoms with Gasteiger partial charge in [-0.25, -0.2) is 0 Å². The van der Waals surface area contributed by atoms with Gasteiger partial charge >= 0.3 is 0 Å². The first kappa shape index (κ1) is 13.9. The van der Waals surface area contributed by atoms with Crippen molar-refractivity contribution in [2.24, 2.45) is 29.0 Å². The third-order valence-corrected chi connectivity index (χ3v) is 4.08. The average molecular weight is 228 g/mol. The molecule has 0 aromatic rings. The minimum Gasteiger partial charge on any atom is -0.329 e. The summed E-state index contributed by atoms with van der Waals surface area (Å²) in [6.07, 6.45) is 1.06. The largest absolute Gasteiger partial charge is 0.329 e. The van der Waals surface area contributed by atoms with Gasteiger partial charge in [-0.3, -0.25) is 0 Å². The van der Waals surface area contributed by atoms with Crippen molar-refractivity contribution in [2.45, 2.75) is 57.8 Å². The molecule has 0 amide bonds. The van der Waals surface area contributed by atoms with Crippen LogP contribution in [0.4, 0.5) is 0 Å². The SMILES string of the molecule is CCC(C(C)N)C(C1NC1C)C(C)(N)CN. The molecule has 0 saturated carbocycles. The molecular formula is C12H28N4. The maximum atomic E-state index is 6.36. The van der Waals surface area contributed by atoms with Gasteiger partial charge in [0.15, 0.2) is 0 Å². The average Bonchev–Trinajstić information content (AvgIpc) is 2.90. The summed E-state index contributed by atoms with van der Waals surface area (Å²) in [5.41, 5.74) is 17.9. The van der Waals surface area contributed by atoms with Crippen molar-refractivity contribution < 1.29 is 0 Å². The fourth-order valence-corrected chi connectivity index (χ4v) is 2.92. The normalized spacial score (nSPS) is 33.9. The Labute approximate surface area is 99.3 Å². The van der Waals surface area contributed by atoms with Crippen LogP contribution in [0.15, 0.2) is 0 Å². The van der Waals surface area contributed by atoms with Crippen molar-refractivity contribution in [1.82, 2.24) is 5.32 Å². The molecule has 4 nitrogen and oxygen atoms in total. The van der Waals surface area contributed by atoms with Crippen LogP contribution in [0, 0.1) is 11.8 Å². The van der Waals surface area contributed by atoms with Crippen LogP contribution in [0.1, 0.15) is 34.1 Å². The predicted molar refractivity (Wildman–Crippen MR) is 69.0 cm³/mol. The Balaban J connectivity index is 2.86. The molecule has 1 rings (SSSR count). The van der Waals surface area contributed by atoms with Crippen LogP contribution in [0.25, 0.3) is 0 Å². The van der Waals surface area contributed by atoms with Crippen LogP contribution in [-0.2, 0) is 0 Å². The topological polar surface area (TPSA) is 100 Å². The Hall–Kier alpha value is -0.160. The van der Waals surface area contributed by atoms with E-state index in [0.29, 0.717) is 30.5 Å². The maximum Gasteiger partial charge on any atom is 0.0297 e. The van der Waals surface area contributed by atoms with Gasteiger partial charge in [-0.2, -0.15) is 0 Å². The second kappa shape index (κ2) is 5.00. The van der Waals surface area contributed by atoms with Crippen LogP contribution in [-0.4, -0.2) is 30.2 Å². The Morgan fingerprint density at radius 2 is 1.94 bits per heavy atom. The van der Waals surface area contributed by atoms with Gasteiger partial charge in [0, 0.05) is 30.2 Å². The lowest BCUT2D eigenvalue weighted by molar-refractivity contribution is 0.174. The van der Waals surface area contributed by atoms with E-state index in [4.69, 9.17) is 17.2 Å².